The number of rotatable bonds is 6. The summed E-state index contributed by atoms with van der Waals surface area (Å²) in [5.74, 6) is -1.53. The van der Waals surface area contributed by atoms with Gasteiger partial charge in [0, 0.05) is 5.92 Å². The highest BCUT2D eigenvalue weighted by Crippen LogP contribution is 2.44. The zero-order valence-electron chi connectivity index (χ0n) is 16.3. The number of amides is 1. The standard InChI is InChI=1S/C24H19Cl2NO4/c25-20-10-9-14(11-21(20)26)12-22(23(28)29)27-24(30)31-13-19-17-7-3-1-5-15(17)16-6-2-4-8-18(16)19/h1-11,19,22H,12-13H2,(H,27,30)(H,28,29)/p-1/t22-/m0/s1. The Labute approximate surface area is 189 Å². The van der Waals surface area contributed by atoms with Crippen molar-refractivity contribution < 1.29 is 19.4 Å². The maximum atomic E-state index is 12.4. The van der Waals surface area contributed by atoms with Gasteiger partial charge in [0.25, 0.3) is 0 Å². The van der Waals surface area contributed by atoms with Crippen molar-refractivity contribution in [2.24, 2.45) is 0 Å². The van der Waals surface area contributed by atoms with Crippen LogP contribution in [0.1, 0.15) is 22.6 Å². The molecule has 0 radical (unpaired) electrons. The molecule has 0 spiro atoms. The van der Waals surface area contributed by atoms with E-state index in [1.165, 1.54) is 0 Å². The molecule has 158 valence electrons. The van der Waals surface area contributed by atoms with Gasteiger partial charge in [0.2, 0.25) is 0 Å². The fourth-order valence-corrected chi connectivity index (χ4v) is 4.20. The van der Waals surface area contributed by atoms with Crippen LogP contribution in [0.15, 0.2) is 66.7 Å². The van der Waals surface area contributed by atoms with Gasteiger partial charge in [-0.1, -0.05) is 77.8 Å². The largest absolute Gasteiger partial charge is 0.548 e. The lowest BCUT2D eigenvalue weighted by molar-refractivity contribution is -0.308. The number of carboxylic acid groups (broad SMARTS) is 1. The Morgan fingerprint density at radius 2 is 1.55 bits per heavy atom. The Morgan fingerprint density at radius 1 is 0.935 bits per heavy atom. The summed E-state index contributed by atoms with van der Waals surface area (Å²) in [6, 6.07) is 19.4. The molecule has 0 aliphatic heterocycles. The van der Waals surface area contributed by atoms with Crippen LogP contribution in [0, 0.1) is 0 Å². The lowest BCUT2D eigenvalue weighted by Gasteiger charge is -2.21. The van der Waals surface area contributed by atoms with E-state index in [9.17, 15) is 14.7 Å². The maximum absolute atomic E-state index is 12.4. The smallest absolute Gasteiger partial charge is 0.407 e. The Balaban J connectivity index is 1.43. The first-order chi connectivity index (χ1) is 14.9. The normalized spacial score (nSPS) is 13.2. The predicted octanol–water partition coefficient (Wildman–Crippen LogP) is 4.19. The van der Waals surface area contributed by atoms with Crippen molar-refractivity contribution in [3.63, 3.8) is 0 Å². The van der Waals surface area contributed by atoms with Crippen LogP contribution in [0.4, 0.5) is 4.79 Å². The van der Waals surface area contributed by atoms with Crippen molar-refractivity contribution in [2.75, 3.05) is 6.61 Å². The van der Waals surface area contributed by atoms with Gasteiger partial charge < -0.3 is 20.0 Å². The van der Waals surface area contributed by atoms with E-state index < -0.39 is 18.1 Å². The lowest BCUT2D eigenvalue weighted by atomic mass is 9.98. The molecule has 1 N–H and O–H groups in total. The Bertz CT molecular complexity index is 1100. The van der Waals surface area contributed by atoms with E-state index in [0.717, 1.165) is 22.3 Å². The van der Waals surface area contributed by atoms with Crippen LogP contribution >= 0.6 is 23.2 Å². The van der Waals surface area contributed by atoms with Crippen LogP contribution in [0.3, 0.4) is 0 Å². The van der Waals surface area contributed by atoms with Crippen LogP contribution in [-0.2, 0) is 16.0 Å². The molecule has 3 aromatic rings. The number of aliphatic carboxylic acids is 1. The van der Waals surface area contributed by atoms with E-state index in [1.807, 2.05) is 48.5 Å². The minimum atomic E-state index is -1.42. The van der Waals surface area contributed by atoms with Gasteiger partial charge in [-0.15, -0.1) is 0 Å². The molecule has 1 aliphatic rings. The number of halogens is 2. The van der Waals surface area contributed by atoms with Crippen molar-refractivity contribution in [3.05, 3.63) is 93.5 Å². The van der Waals surface area contributed by atoms with Gasteiger partial charge in [0.15, 0.2) is 0 Å². The first kappa shape index (κ1) is 21.2. The molecule has 5 nitrogen and oxygen atoms in total. The Hall–Kier alpha value is -3.02. The molecule has 4 rings (SSSR count). The number of hydrogen-bond donors (Lipinski definition) is 1. The molecule has 0 unspecified atom stereocenters. The van der Waals surface area contributed by atoms with Crippen molar-refractivity contribution in [2.45, 2.75) is 18.4 Å². The molecule has 1 amide bonds. The number of nitrogens with one attached hydrogen (secondary N) is 1. The van der Waals surface area contributed by atoms with Crippen LogP contribution in [0.2, 0.25) is 10.0 Å². The van der Waals surface area contributed by atoms with E-state index in [2.05, 4.69) is 5.32 Å². The molecule has 31 heavy (non-hydrogen) atoms. The number of alkyl carbamates (subject to hydrolysis) is 1. The molecule has 3 aromatic carbocycles. The van der Waals surface area contributed by atoms with E-state index >= 15 is 0 Å². The fraction of sp³-hybridized carbons (Fsp3) is 0.167. The molecular weight excluding hydrogens is 437 g/mol. The third kappa shape index (κ3) is 4.53. The minimum Gasteiger partial charge on any atom is -0.548 e. The average molecular weight is 455 g/mol. The van der Waals surface area contributed by atoms with E-state index in [4.69, 9.17) is 27.9 Å². The number of carboxylic acids is 1. The number of ether oxygens (including phenoxy) is 1. The summed E-state index contributed by atoms with van der Waals surface area (Å²) < 4.78 is 5.41. The second kappa shape index (κ2) is 9.00. The Kier molecular flexibility index (Phi) is 6.16. The minimum absolute atomic E-state index is 0.0105. The summed E-state index contributed by atoms with van der Waals surface area (Å²) in [6.07, 6.45) is -0.834. The summed E-state index contributed by atoms with van der Waals surface area (Å²) in [6.45, 7) is 0.0897. The van der Waals surface area contributed by atoms with Crippen LogP contribution in [-0.4, -0.2) is 24.7 Å². The molecule has 0 bridgehead atoms. The van der Waals surface area contributed by atoms with Gasteiger partial charge in [0.1, 0.15) is 6.61 Å². The third-order valence-electron chi connectivity index (χ3n) is 5.34. The first-order valence-electron chi connectivity index (χ1n) is 9.70. The van der Waals surface area contributed by atoms with Gasteiger partial charge in [-0.25, -0.2) is 4.79 Å². The molecule has 0 heterocycles. The first-order valence-corrected chi connectivity index (χ1v) is 10.5. The summed E-state index contributed by atoms with van der Waals surface area (Å²) in [7, 11) is 0. The highest BCUT2D eigenvalue weighted by molar-refractivity contribution is 6.42. The van der Waals surface area contributed by atoms with E-state index in [-0.39, 0.29) is 18.9 Å². The summed E-state index contributed by atoms with van der Waals surface area (Å²) in [5.41, 5.74) is 4.97. The van der Waals surface area contributed by atoms with E-state index in [0.29, 0.717) is 15.6 Å². The molecule has 0 fully saturated rings. The predicted molar refractivity (Wildman–Crippen MR) is 117 cm³/mol. The summed E-state index contributed by atoms with van der Waals surface area (Å²) >= 11 is 11.9. The second-order valence-corrected chi connectivity index (χ2v) is 8.11. The number of benzene rings is 3. The third-order valence-corrected chi connectivity index (χ3v) is 6.08. The van der Waals surface area contributed by atoms with Gasteiger partial charge in [-0.3, -0.25) is 0 Å². The quantitative estimate of drug-likeness (QED) is 0.605. The molecule has 0 saturated heterocycles. The highest BCUT2D eigenvalue weighted by atomic mass is 35.5. The average Bonchev–Trinajstić information content (AvgIpc) is 3.08. The SMILES string of the molecule is O=C(N[C@@H](Cc1ccc(Cl)c(Cl)c1)C(=O)[O-])OCC1c2ccccc2-c2ccccc21. The summed E-state index contributed by atoms with van der Waals surface area (Å²) in [5, 5.41) is 14.6. The lowest BCUT2D eigenvalue weighted by Crippen LogP contribution is -2.49. The zero-order valence-corrected chi connectivity index (χ0v) is 17.8. The molecule has 1 atom stereocenters. The number of carbonyl (C=O) groups is 2. The van der Waals surface area contributed by atoms with Crippen molar-refractivity contribution >= 4 is 35.3 Å². The fourth-order valence-electron chi connectivity index (χ4n) is 3.88. The van der Waals surface area contributed by atoms with Crippen LogP contribution < -0.4 is 10.4 Å². The second-order valence-electron chi connectivity index (χ2n) is 7.29. The van der Waals surface area contributed by atoms with Crippen molar-refractivity contribution in [1.29, 1.82) is 0 Å². The number of carbonyl (C=O) groups excluding carboxylic acids is 2. The van der Waals surface area contributed by atoms with Gasteiger partial charge in [-0.05, 0) is 46.4 Å². The van der Waals surface area contributed by atoms with Crippen molar-refractivity contribution in [3.8, 4) is 11.1 Å². The van der Waals surface area contributed by atoms with Crippen LogP contribution in [0.5, 0.6) is 0 Å². The molecule has 1 aliphatic carbocycles. The number of hydrogen-bond acceptors (Lipinski definition) is 4. The topological polar surface area (TPSA) is 78.5 Å². The molecule has 0 aromatic heterocycles. The summed E-state index contributed by atoms with van der Waals surface area (Å²) in [4.78, 5) is 23.9. The monoisotopic (exact) mass is 454 g/mol. The molecular formula is C24H18Cl2NO4-. The highest BCUT2D eigenvalue weighted by Gasteiger charge is 2.29. The Morgan fingerprint density at radius 3 is 2.13 bits per heavy atom. The van der Waals surface area contributed by atoms with E-state index in [1.54, 1.807) is 18.2 Å². The van der Waals surface area contributed by atoms with Crippen LogP contribution in [0.25, 0.3) is 11.1 Å². The zero-order chi connectivity index (χ0) is 22.0. The number of fused-ring (bicyclic) bond motifs is 3. The van der Waals surface area contributed by atoms with Gasteiger partial charge >= 0.3 is 6.09 Å². The van der Waals surface area contributed by atoms with Crippen molar-refractivity contribution in [1.82, 2.24) is 5.32 Å². The maximum Gasteiger partial charge on any atom is 0.407 e. The molecule has 7 heteroatoms. The van der Waals surface area contributed by atoms with Gasteiger partial charge in [-0.2, -0.15) is 0 Å². The molecule has 0 saturated carbocycles. The van der Waals surface area contributed by atoms with Gasteiger partial charge in [0.05, 0.1) is 22.1 Å².